The maximum absolute atomic E-state index is 14.6. The van der Waals surface area contributed by atoms with E-state index in [0.717, 1.165) is 16.2 Å². The summed E-state index contributed by atoms with van der Waals surface area (Å²) in [6.45, 7) is 1.05. The van der Waals surface area contributed by atoms with E-state index in [0.29, 0.717) is 24.2 Å². The van der Waals surface area contributed by atoms with E-state index in [1.807, 2.05) is 23.2 Å². The lowest BCUT2D eigenvalue weighted by Crippen LogP contribution is -2.25. The van der Waals surface area contributed by atoms with E-state index < -0.39 is 6.09 Å². The molecular formula is C16H18ClFN4O2. The first-order chi connectivity index (χ1) is 11.0. The summed E-state index contributed by atoms with van der Waals surface area (Å²) in [7, 11) is 1.42. The standard InChI is InChI=1S/C16H17FN4O2.ClH/c1-20(16(22)23)8-12-3-2-11-9-21(10-14(11)15(12)17)19-13-4-6-18-7-5-13;/h2-7H,8-10H2,1H3,(H,18,19)(H,22,23);1H. The van der Waals surface area contributed by atoms with Crippen molar-refractivity contribution in [3.8, 4) is 0 Å². The van der Waals surface area contributed by atoms with Gasteiger partial charge in [-0.05, 0) is 17.7 Å². The third-order valence-electron chi connectivity index (χ3n) is 3.83. The van der Waals surface area contributed by atoms with Crippen molar-refractivity contribution in [3.05, 3.63) is 59.2 Å². The van der Waals surface area contributed by atoms with Crippen LogP contribution in [0.25, 0.3) is 0 Å². The summed E-state index contributed by atoms with van der Waals surface area (Å²) in [4.78, 5) is 15.9. The van der Waals surface area contributed by atoms with Crippen LogP contribution in [0.1, 0.15) is 16.7 Å². The third-order valence-corrected chi connectivity index (χ3v) is 3.83. The van der Waals surface area contributed by atoms with E-state index in [1.54, 1.807) is 18.5 Å². The Morgan fingerprint density at radius 2 is 2.04 bits per heavy atom. The van der Waals surface area contributed by atoms with Crippen molar-refractivity contribution in [1.29, 1.82) is 0 Å². The third kappa shape index (κ3) is 3.74. The van der Waals surface area contributed by atoms with Crippen LogP contribution in [-0.2, 0) is 19.6 Å². The average molecular weight is 353 g/mol. The van der Waals surface area contributed by atoms with Crippen LogP contribution in [-0.4, -0.2) is 33.1 Å². The first kappa shape index (κ1) is 18.0. The van der Waals surface area contributed by atoms with Crippen LogP contribution >= 0.6 is 12.4 Å². The van der Waals surface area contributed by atoms with Gasteiger partial charge in [-0.25, -0.2) is 14.2 Å². The van der Waals surface area contributed by atoms with Crippen LogP contribution in [0.15, 0.2) is 36.7 Å². The van der Waals surface area contributed by atoms with Crippen molar-refractivity contribution in [2.75, 3.05) is 12.5 Å². The van der Waals surface area contributed by atoms with Crippen LogP contribution in [0, 0.1) is 5.82 Å². The minimum atomic E-state index is -1.08. The molecule has 1 aromatic heterocycles. The molecule has 0 atom stereocenters. The number of nitrogens with zero attached hydrogens (tertiary/aromatic N) is 3. The molecule has 0 aliphatic carbocycles. The van der Waals surface area contributed by atoms with Gasteiger partial charge in [-0.1, -0.05) is 12.1 Å². The van der Waals surface area contributed by atoms with Crippen LogP contribution in [0.2, 0.25) is 0 Å². The molecule has 128 valence electrons. The SMILES string of the molecule is CN(Cc1ccc2c(c1F)CN(Nc1ccncc1)C2)C(=O)O.Cl. The van der Waals surface area contributed by atoms with Crippen LogP contribution in [0.3, 0.4) is 0 Å². The first-order valence-electron chi connectivity index (χ1n) is 7.19. The molecule has 2 aromatic rings. The van der Waals surface area contributed by atoms with Gasteiger partial charge < -0.3 is 15.4 Å². The number of hydrogen-bond donors (Lipinski definition) is 2. The molecule has 24 heavy (non-hydrogen) atoms. The Labute approximate surface area is 145 Å². The van der Waals surface area contributed by atoms with Crippen molar-refractivity contribution in [1.82, 2.24) is 14.9 Å². The number of fused-ring (bicyclic) bond motifs is 1. The van der Waals surface area contributed by atoms with E-state index in [-0.39, 0.29) is 24.8 Å². The zero-order valence-corrected chi connectivity index (χ0v) is 13.9. The van der Waals surface area contributed by atoms with E-state index >= 15 is 0 Å². The summed E-state index contributed by atoms with van der Waals surface area (Å²) in [5.41, 5.74) is 6.01. The van der Waals surface area contributed by atoms with Gasteiger partial charge in [0.25, 0.3) is 0 Å². The lowest BCUT2D eigenvalue weighted by atomic mass is 10.1. The molecule has 0 spiro atoms. The molecule has 1 amide bonds. The highest BCUT2D eigenvalue weighted by molar-refractivity contribution is 5.85. The largest absolute Gasteiger partial charge is 0.465 e. The number of rotatable bonds is 4. The number of amides is 1. The number of nitrogens with one attached hydrogen (secondary N) is 1. The number of pyridine rings is 1. The molecule has 0 unspecified atom stereocenters. The normalized spacial score (nSPS) is 13.1. The molecule has 1 aliphatic heterocycles. The smallest absolute Gasteiger partial charge is 0.407 e. The second kappa shape index (κ2) is 7.46. The summed E-state index contributed by atoms with van der Waals surface area (Å²) in [5.74, 6) is -0.324. The van der Waals surface area contributed by atoms with E-state index in [9.17, 15) is 9.18 Å². The Kier molecular flexibility index (Phi) is 5.58. The number of benzene rings is 1. The van der Waals surface area contributed by atoms with Gasteiger partial charge in [0, 0.05) is 43.7 Å². The second-order valence-corrected chi connectivity index (χ2v) is 5.52. The molecule has 0 saturated heterocycles. The molecule has 0 saturated carbocycles. The molecule has 2 heterocycles. The van der Waals surface area contributed by atoms with Crippen molar-refractivity contribution >= 4 is 24.2 Å². The summed E-state index contributed by atoms with van der Waals surface area (Å²) >= 11 is 0. The van der Waals surface area contributed by atoms with Crippen molar-refractivity contribution in [2.24, 2.45) is 0 Å². The van der Waals surface area contributed by atoms with Crippen LogP contribution < -0.4 is 5.43 Å². The summed E-state index contributed by atoms with van der Waals surface area (Å²) in [6, 6.07) is 7.19. The molecule has 3 rings (SSSR count). The molecule has 8 heteroatoms. The number of hydrogen-bond acceptors (Lipinski definition) is 4. The Morgan fingerprint density at radius 3 is 2.71 bits per heavy atom. The highest BCUT2D eigenvalue weighted by Crippen LogP contribution is 2.28. The molecule has 1 aromatic carbocycles. The summed E-state index contributed by atoms with van der Waals surface area (Å²) in [6.07, 6.45) is 2.30. The first-order valence-corrected chi connectivity index (χ1v) is 7.19. The Hall–Kier alpha value is -2.38. The van der Waals surface area contributed by atoms with Gasteiger partial charge in [0.2, 0.25) is 0 Å². The number of hydrazine groups is 1. The lowest BCUT2D eigenvalue weighted by Gasteiger charge is -2.17. The Bertz CT molecular complexity index is 730. The Balaban J connectivity index is 0.00000208. The number of halogens is 2. The van der Waals surface area contributed by atoms with Gasteiger partial charge in [0.15, 0.2) is 0 Å². The Morgan fingerprint density at radius 1 is 1.33 bits per heavy atom. The average Bonchev–Trinajstić information content (AvgIpc) is 2.94. The predicted molar refractivity (Wildman–Crippen MR) is 90.2 cm³/mol. The van der Waals surface area contributed by atoms with E-state index in [2.05, 4.69) is 10.4 Å². The number of carbonyl (C=O) groups is 1. The monoisotopic (exact) mass is 352 g/mol. The van der Waals surface area contributed by atoms with E-state index in [1.165, 1.54) is 7.05 Å². The zero-order chi connectivity index (χ0) is 16.4. The fourth-order valence-electron chi connectivity index (χ4n) is 2.61. The summed E-state index contributed by atoms with van der Waals surface area (Å²) < 4.78 is 14.6. The molecule has 0 radical (unpaired) electrons. The lowest BCUT2D eigenvalue weighted by molar-refractivity contribution is 0.153. The van der Waals surface area contributed by atoms with Gasteiger partial charge in [0.05, 0.1) is 12.2 Å². The second-order valence-electron chi connectivity index (χ2n) is 5.52. The predicted octanol–water partition coefficient (Wildman–Crippen LogP) is 3.10. The molecule has 0 bridgehead atoms. The quantitative estimate of drug-likeness (QED) is 0.885. The highest BCUT2D eigenvalue weighted by atomic mass is 35.5. The fraction of sp³-hybridized carbons (Fsp3) is 0.250. The topological polar surface area (TPSA) is 68.7 Å². The van der Waals surface area contributed by atoms with Gasteiger partial charge in [-0.3, -0.25) is 4.98 Å². The molecule has 6 nitrogen and oxygen atoms in total. The zero-order valence-electron chi connectivity index (χ0n) is 13.1. The van der Waals surface area contributed by atoms with Crippen LogP contribution in [0.5, 0.6) is 0 Å². The van der Waals surface area contributed by atoms with Crippen molar-refractivity contribution < 1.29 is 14.3 Å². The van der Waals surface area contributed by atoms with Gasteiger partial charge in [-0.15, -0.1) is 12.4 Å². The molecule has 2 N–H and O–H groups in total. The van der Waals surface area contributed by atoms with Gasteiger partial charge in [-0.2, -0.15) is 0 Å². The summed E-state index contributed by atoms with van der Waals surface area (Å²) in [5, 5.41) is 10.8. The maximum Gasteiger partial charge on any atom is 0.407 e. The number of carboxylic acid groups (broad SMARTS) is 1. The number of aromatic nitrogens is 1. The van der Waals surface area contributed by atoms with E-state index in [4.69, 9.17) is 5.11 Å². The maximum atomic E-state index is 14.6. The van der Waals surface area contributed by atoms with Crippen LogP contribution in [0.4, 0.5) is 14.9 Å². The van der Waals surface area contributed by atoms with Crippen molar-refractivity contribution in [2.45, 2.75) is 19.6 Å². The molecular weight excluding hydrogens is 335 g/mol. The molecule has 0 fully saturated rings. The fourth-order valence-corrected chi connectivity index (χ4v) is 2.61. The van der Waals surface area contributed by atoms with Crippen molar-refractivity contribution in [3.63, 3.8) is 0 Å². The van der Waals surface area contributed by atoms with Gasteiger partial charge >= 0.3 is 6.09 Å². The molecule has 1 aliphatic rings. The minimum absolute atomic E-state index is 0. The minimum Gasteiger partial charge on any atom is -0.465 e. The number of anilines is 1. The highest BCUT2D eigenvalue weighted by Gasteiger charge is 2.24. The van der Waals surface area contributed by atoms with Gasteiger partial charge in [0.1, 0.15) is 5.82 Å².